The lowest BCUT2D eigenvalue weighted by Gasteiger charge is -2.28. The van der Waals surface area contributed by atoms with E-state index in [0.29, 0.717) is 29.5 Å². The number of para-hydroxylation sites is 4. The van der Waals surface area contributed by atoms with Gasteiger partial charge in [-0.3, -0.25) is 4.57 Å². The number of rotatable bonds is 9. The molecule has 0 saturated carbocycles. The Hall–Kier alpha value is -8.67. The summed E-state index contributed by atoms with van der Waals surface area (Å²) in [6.07, 6.45) is 1.72. The van der Waals surface area contributed by atoms with Gasteiger partial charge in [0.1, 0.15) is 24.0 Å². The molecule has 5 nitrogen and oxygen atoms in total. The molecule has 12 rings (SSSR count). The van der Waals surface area contributed by atoms with E-state index in [4.69, 9.17) is 13.8 Å². The van der Waals surface area contributed by atoms with Gasteiger partial charge in [-0.15, -0.1) is 0 Å². The Balaban J connectivity index is 0.913. The number of pyridine rings is 1. The van der Waals surface area contributed by atoms with Crippen molar-refractivity contribution >= 4 is 44.6 Å². The minimum atomic E-state index is -2.40. The van der Waals surface area contributed by atoms with Crippen molar-refractivity contribution in [2.75, 3.05) is 16.5 Å². The summed E-state index contributed by atoms with van der Waals surface area (Å²) in [7, 11) is 0. The number of fused-ring (bicyclic) bond motifs is 4. The minimum Gasteiger partial charge on any atom is -0.457 e. The van der Waals surface area contributed by atoms with Gasteiger partial charge in [-0.25, -0.2) is 4.98 Å². The fraction of sp³-hybridized carbons (Fsp3) is 0.192. The van der Waals surface area contributed by atoms with Gasteiger partial charge in [-0.1, -0.05) is 214 Å². The van der Waals surface area contributed by atoms with E-state index in [0.717, 1.165) is 72.4 Å². The van der Waals surface area contributed by atoms with Crippen molar-refractivity contribution in [1.29, 1.82) is 0 Å². The molecule has 0 bridgehead atoms. The molecule has 386 valence electrons. The highest BCUT2D eigenvalue weighted by atomic mass is 16.5. The maximum atomic E-state index is 8.76. The minimum absolute atomic E-state index is 0.0306. The second-order valence-corrected chi connectivity index (χ2v) is 24.0. The quantitative estimate of drug-likeness (QED) is 0.144. The Morgan fingerprint density at radius 2 is 0.962 bits per heavy atom. The first-order valence-electron chi connectivity index (χ1n) is 28.7. The summed E-state index contributed by atoms with van der Waals surface area (Å²) in [5.41, 5.74) is 18.4. The van der Waals surface area contributed by atoms with Crippen LogP contribution in [0.15, 0.2) is 219 Å². The van der Waals surface area contributed by atoms with Gasteiger partial charge < -0.3 is 14.5 Å². The van der Waals surface area contributed by atoms with Crippen molar-refractivity contribution < 1.29 is 8.85 Å². The van der Waals surface area contributed by atoms with Crippen molar-refractivity contribution in [2.24, 2.45) is 0 Å². The van der Waals surface area contributed by atoms with Gasteiger partial charge in [-0.2, -0.15) is 0 Å². The molecule has 0 N–H and O–H groups in total. The summed E-state index contributed by atoms with van der Waals surface area (Å²) in [6, 6.07) is 75.0. The molecule has 5 heteroatoms. The lowest BCUT2D eigenvalue weighted by atomic mass is 9.84. The van der Waals surface area contributed by atoms with Crippen molar-refractivity contribution in [1.82, 2.24) is 9.55 Å². The van der Waals surface area contributed by atoms with E-state index in [1.807, 2.05) is 42.5 Å². The maximum Gasteiger partial charge on any atom is 0.137 e. The van der Waals surface area contributed by atoms with Gasteiger partial charge in [0.25, 0.3) is 0 Å². The second kappa shape index (κ2) is 19.4. The molecule has 0 amide bonds. The monoisotopic (exact) mass is 1020 g/mol. The van der Waals surface area contributed by atoms with Gasteiger partial charge >= 0.3 is 0 Å². The number of nitrogens with zero attached hydrogens (tertiary/aromatic N) is 4. The molecule has 0 unspecified atom stereocenters. The zero-order valence-electron chi connectivity index (χ0n) is 49.2. The van der Waals surface area contributed by atoms with E-state index < -0.39 is 6.85 Å². The highest BCUT2D eigenvalue weighted by molar-refractivity contribution is 6.09. The number of aromatic nitrogens is 2. The Kier molecular flexibility index (Phi) is 11.6. The van der Waals surface area contributed by atoms with Crippen molar-refractivity contribution in [3.8, 4) is 61.8 Å². The van der Waals surface area contributed by atoms with Crippen molar-refractivity contribution in [2.45, 2.75) is 85.4 Å². The van der Waals surface area contributed by atoms with Crippen LogP contribution in [0.1, 0.15) is 88.7 Å². The maximum absolute atomic E-state index is 8.76. The van der Waals surface area contributed by atoms with Crippen LogP contribution >= 0.6 is 0 Å². The molecule has 0 fully saturated rings. The zero-order chi connectivity index (χ0) is 56.6. The molecule has 3 heterocycles. The van der Waals surface area contributed by atoms with Crippen LogP contribution in [0.3, 0.4) is 0 Å². The van der Waals surface area contributed by atoms with E-state index in [1.54, 1.807) is 12.3 Å². The topological polar surface area (TPSA) is 33.5 Å². The average Bonchev–Trinajstić information content (AvgIpc) is 4.13. The third-order valence-electron chi connectivity index (χ3n) is 15.5. The third-order valence-corrected chi connectivity index (χ3v) is 15.5. The van der Waals surface area contributed by atoms with E-state index in [1.165, 1.54) is 27.8 Å². The molecular weight excluding hydrogens is 949 g/mol. The highest BCUT2D eigenvalue weighted by Gasteiger charge is 2.32. The number of aryl methyl sites for hydroxylation is 1. The summed E-state index contributed by atoms with van der Waals surface area (Å²) in [5, 5.41) is 2.04. The average molecular weight is 1020 g/mol. The Bertz CT molecular complexity index is 4190. The number of hydrogen-bond acceptors (Lipinski definition) is 4. The number of ether oxygens (including phenoxy) is 1. The van der Waals surface area contributed by atoms with Crippen LogP contribution in [0.4, 0.5) is 22.7 Å². The number of anilines is 4. The molecule has 0 radical (unpaired) electrons. The smallest absolute Gasteiger partial charge is 0.137 e. The molecule has 1 aliphatic heterocycles. The fourth-order valence-electron chi connectivity index (χ4n) is 11.1. The van der Waals surface area contributed by atoms with Crippen LogP contribution in [0, 0.1) is 6.85 Å². The number of benzene rings is 9. The molecule has 9 aromatic carbocycles. The summed E-state index contributed by atoms with van der Waals surface area (Å²) in [4.78, 5) is 9.88. The standard InChI is InChI=1S/C73H68N4O/c1-48-40-69(74-46-64(48)53-22-17-25-56(43-53)73(8,9)10)77-65-31-12-11-28-62(65)63-39-38-59(45-68(63)77)78-58-27-18-26-57(44-58)75-47-76(67-33-14-13-32-66(67)75)70-60(29-19-30-61(70)52-21-16-24-55(42-52)72(5,6)7)50-36-34-49(35-37-50)51-20-15-23-54(41-51)71(2,3)4/h11-46H,47H2,1-10H3/i1D3. The first kappa shape index (κ1) is 46.6. The predicted molar refractivity (Wildman–Crippen MR) is 330 cm³/mol. The van der Waals surface area contributed by atoms with E-state index in [9.17, 15) is 0 Å². The molecular formula is C73H68N4O. The molecule has 78 heavy (non-hydrogen) atoms. The normalized spacial score (nSPS) is 13.6. The Labute approximate surface area is 465 Å². The first-order valence-corrected chi connectivity index (χ1v) is 27.2. The van der Waals surface area contributed by atoms with Gasteiger partial charge in [0, 0.05) is 55.6 Å². The number of hydrogen-bond donors (Lipinski definition) is 0. The van der Waals surface area contributed by atoms with Crippen LogP contribution in [0.2, 0.25) is 0 Å². The summed E-state index contributed by atoms with van der Waals surface area (Å²) in [5.74, 6) is 1.84. The van der Waals surface area contributed by atoms with Crippen LogP contribution in [0.5, 0.6) is 11.5 Å². The fourth-order valence-corrected chi connectivity index (χ4v) is 11.1. The first-order chi connectivity index (χ1) is 38.7. The SMILES string of the molecule is [2H]C([2H])([2H])c1cc(-n2c3ccccc3c3ccc(Oc4cccc(N5CN(c6c(-c7ccc(-c8cccc(C(C)(C)C)c8)cc7)cccc6-c6cccc(C(C)(C)C)c6)c6ccccc65)c4)cc32)ncc1-c1cccc(C(C)(C)C)c1. The van der Waals surface area contributed by atoms with E-state index >= 15 is 0 Å². The lowest BCUT2D eigenvalue weighted by Crippen LogP contribution is -2.25. The van der Waals surface area contributed by atoms with Gasteiger partial charge in [0.2, 0.25) is 0 Å². The largest absolute Gasteiger partial charge is 0.457 e. The third kappa shape index (κ3) is 9.42. The van der Waals surface area contributed by atoms with Crippen LogP contribution in [0.25, 0.3) is 72.1 Å². The predicted octanol–water partition coefficient (Wildman–Crippen LogP) is 20.1. The van der Waals surface area contributed by atoms with Crippen molar-refractivity contribution in [3.05, 3.63) is 241 Å². The molecule has 0 atom stereocenters. The highest BCUT2D eigenvalue weighted by Crippen LogP contribution is 2.51. The van der Waals surface area contributed by atoms with Gasteiger partial charge in [0.05, 0.1) is 28.1 Å². The lowest BCUT2D eigenvalue weighted by molar-refractivity contribution is 0.483. The van der Waals surface area contributed by atoms with Crippen LogP contribution < -0.4 is 14.5 Å². The summed E-state index contributed by atoms with van der Waals surface area (Å²) >= 11 is 0. The zero-order valence-corrected chi connectivity index (χ0v) is 46.2. The molecule has 11 aromatic rings. The molecule has 1 aliphatic rings. The summed E-state index contributed by atoms with van der Waals surface area (Å²) in [6.45, 7) is 18.3. The van der Waals surface area contributed by atoms with Crippen LogP contribution in [-0.4, -0.2) is 16.2 Å². The van der Waals surface area contributed by atoms with E-state index in [2.05, 4.69) is 240 Å². The molecule has 0 spiro atoms. The van der Waals surface area contributed by atoms with Crippen molar-refractivity contribution in [3.63, 3.8) is 0 Å². The Morgan fingerprint density at radius 1 is 0.423 bits per heavy atom. The molecule has 0 saturated heterocycles. The van der Waals surface area contributed by atoms with Crippen LogP contribution in [-0.2, 0) is 16.2 Å². The second-order valence-electron chi connectivity index (χ2n) is 24.0. The van der Waals surface area contributed by atoms with Gasteiger partial charge in [0.15, 0.2) is 0 Å². The summed E-state index contributed by atoms with van der Waals surface area (Å²) < 4.78 is 35.2. The van der Waals surface area contributed by atoms with Gasteiger partial charge in [-0.05, 0) is 122 Å². The van der Waals surface area contributed by atoms with E-state index in [-0.39, 0.29) is 21.8 Å². The molecule has 0 aliphatic carbocycles. The molecule has 2 aromatic heterocycles. The Morgan fingerprint density at radius 3 is 1.63 bits per heavy atom.